The van der Waals surface area contributed by atoms with E-state index in [1.807, 2.05) is 24.3 Å². The molecule has 4 aliphatic carbocycles. The van der Waals surface area contributed by atoms with Crippen molar-refractivity contribution in [1.29, 1.82) is 0 Å². The van der Waals surface area contributed by atoms with Crippen LogP contribution in [0.2, 0.25) is 0 Å². The van der Waals surface area contributed by atoms with Gasteiger partial charge in [-0.05, 0) is 124 Å². The molecule has 0 spiro atoms. The van der Waals surface area contributed by atoms with Gasteiger partial charge in [-0.25, -0.2) is 22.0 Å². The predicted octanol–water partition coefficient (Wildman–Crippen LogP) is 8.27. The first kappa shape index (κ1) is 54.9. The molecular weight excluding hydrogens is 1010 g/mol. The summed E-state index contributed by atoms with van der Waals surface area (Å²) in [5, 5.41) is 42.5. The molecule has 2 aromatic heterocycles. The Morgan fingerprint density at radius 3 is 1.38 bits per heavy atom. The molecule has 4 saturated carbocycles. The summed E-state index contributed by atoms with van der Waals surface area (Å²) < 4.78 is 53.8. The summed E-state index contributed by atoms with van der Waals surface area (Å²) in [6.07, 6.45) is 13.5. The molecule has 18 nitrogen and oxygen atoms in total. The van der Waals surface area contributed by atoms with Gasteiger partial charge in [-0.3, -0.25) is 9.59 Å². The number of hydrogen-bond acceptors (Lipinski definition) is 18. The third-order valence-electron chi connectivity index (χ3n) is 14.2. The number of Topliss-reactive ketones (excluding diaryl/α,β-unsaturated/α-hetero) is 1. The molecule has 2 aromatic carbocycles. The Labute approximate surface area is 438 Å². The van der Waals surface area contributed by atoms with Gasteiger partial charge in [0.2, 0.25) is 20.3 Å². The van der Waals surface area contributed by atoms with E-state index in [1.54, 1.807) is 22.7 Å². The van der Waals surface area contributed by atoms with E-state index in [4.69, 9.17) is 9.47 Å². The highest BCUT2D eigenvalue weighted by Crippen LogP contribution is 2.53. The van der Waals surface area contributed by atoms with Crippen molar-refractivity contribution >= 4 is 87.3 Å². The lowest BCUT2D eigenvalue weighted by atomic mass is 9.91. The molecule has 6 aliphatic rings. The highest BCUT2D eigenvalue weighted by molar-refractivity contribution is 7.91. The summed E-state index contributed by atoms with van der Waals surface area (Å²) >= 11 is 3.21. The molecule has 2 aliphatic heterocycles. The average molecular weight is 1080 g/mol. The number of carbonyl (C=O) groups is 2. The Morgan fingerprint density at radius 2 is 1.05 bits per heavy atom. The zero-order valence-corrected chi connectivity index (χ0v) is 46.2. The lowest BCUT2D eigenvalue weighted by Gasteiger charge is -2.38. The summed E-state index contributed by atoms with van der Waals surface area (Å²) in [7, 11) is -6.55. The zero-order valence-electron chi connectivity index (χ0n) is 43.0. The van der Waals surface area contributed by atoms with Crippen molar-refractivity contribution in [3.8, 4) is 0 Å². The van der Waals surface area contributed by atoms with Gasteiger partial charge in [0.15, 0.2) is 15.6 Å². The summed E-state index contributed by atoms with van der Waals surface area (Å²) in [6, 6.07) is 13.1. The van der Waals surface area contributed by atoms with Gasteiger partial charge < -0.3 is 35.0 Å². The van der Waals surface area contributed by atoms with Crippen LogP contribution in [0.3, 0.4) is 0 Å². The summed E-state index contributed by atoms with van der Waals surface area (Å²) in [6.45, 7) is 13.8. The molecule has 6 fully saturated rings. The molecular formula is C51H73N9O9S4. The van der Waals surface area contributed by atoms with Crippen LogP contribution in [0.15, 0.2) is 36.4 Å². The van der Waals surface area contributed by atoms with Crippen LogP contribution in [0, 0.1) is 11.8 Å². The van der Waals surface area contributed by atoms with Crippen LogP contribution in [-0.2, 0) is 49.8 Å². The minimum atomic E-state index is -3.38. The number of primary sulfonamides is 1. The monoisotopic (exact) mass is 1080 g/mol. The number of hydrogen-bond donors (Lipinski definition) is 4. The molecule has 400 valence electrons. The number of rotatable bonds is 20. The summed E-state index contributed by atoms with van der Waals surface area (Å²) in [5.41, 5.74) is 4.33. The van der Waals surface area contributed by atoms with Crippen molar-refractivity contribution < 1.29 is 41.0 Å². The Morgan fingerprint density at radius 1 is 0.671 bits per heavy atom. The fraction of sp³-hybridized carbons (Fsp3) is 0.647. The Hall–Kier alpha value is -4.32. The number of carboxylic acid groups (broad SMARTS) is 1. The number of ketones is 1. The van der Waals surface area contributed by atoms with Crippen molar-refractivity contribution in [1.82, 2.24) is 20.4 Å². The predicted molar refractivity (Wildman–Crippen MR) is 288 cm³/mol. The number of sulfonamides is 1. The van der Waals surface area contributed by atoms with Crippen LogP contribution < -0.4 is 25.6 Å². The van der Waals surface area contributed by atoms with E-state index in [0.717, 1.165) is 132 Å². The van der Waals surface area contributed by atoms with Crippen LogP contribution >= 0.6 is 22.7 Å². The number of aliphatic carboxylic acids is 1. The molecule has 2 saturated heterocycles. The largest absolute Gasteiger partial charge is 0.481 e. The number of ether oxygens (including phenoxy) is 2. The topological polar surface area (TPSA) is 249 Å². The SMILES string of the molecule is CC(C)CN(c1ccc(C2(C(=O)CS(C)(=O)=O)CC2)cc1Nc1nnc(C2CC2)s1)C1CCOCC1.CC(C)CN(c1ccc(C2(C(=O)O)CC2)cc1Nc1nnc(C2CC2)s1)C1CCOCC1.CS(N)(=O)=O. The third-order valence-corrected chi connectivity index (χ3v) is 16.9. The fourth-order valence-corrected chi connectivity index (χ4v) is 12.4. The molecule has 0 unspecified atom stereocenters. The smallest absolute Gasteiger partial charge is 0.314 e. The van der Waals surface area contributed by atoms with Gasteiger partial charge >= 0.3 is 5.97 Å². The van der Waals surface area contributed by atoms with Crippen molar-refractivity contribution in [2.75, 3.05) is 78.2 Å². The second-order valence-corrected chi connectivity index (χ2v) is 27.5. The minimum absolute atomic E-state index is 0.209. The average Bonchev–Trinajstić information content (AvgIpc) is 4.12. The van der Waals surface area contributed by atoms with Gasteiger partial charge in [-0.15, -0.1) is 20.4 Å². The number of nitrogens with zero attached hydrogens (tertiary/aromatic N) is 6. The van der Waals surface area contributed by atoms with E-state index in [9.17, 15) is 31.5 Å². The molecule has 5 N–H and O–H groups in total. The van der Waals surface area contributed by atoms with Crippen molar-refractivity contribution in [2.24, 2.45) is 17.0 Å². The third kappa shape index (κ3) is 14.8. The maximum Gasteiger partial charge on any atom is 0.314 e. The first-order valence-corrected chi connectivity index (χ1v) is 31.4. The molecule has 10 rings (SSSR count). The van der Waals surface area contributed by atoms with Crippen LogP contribution in [0.25, 0.3) is 0 Å². The number of nitrogens with two attached hydrogens (primary N) is 1. The summed E-state index contributed by atoms with van der Waals surface area (Å²) in [4.78, 5) is 30.0. The summed E-state index contributed by atoms with van der Waals surface area (Å²) in [5.74, 6) is 0.713. The lowest BCUT2D eigenvalue weighted by Crippen LogP contribution is -2.42. The molecule has 22 heteroatoms. The number of carboxylic acids is 1. The number of anilines is 6. The molecule has 0 atom stereocenters. The standard InChI is InChI=1S/C26H36N4O4S2.C24H32N4O3S.CH5NO2S/c1-17(2)15-30(20-8-12-34-13-9-20)22-7-6-19(26(10-11-26)23(31)16-36(3,32)33)14-21(22)27-25-29-28-24(35-25)18-4-5-18;1-15(2)14-28(18-7-11-31-12-8-18)20-6-5-17(24(9-10-24)22(29)30)13-19(20)25-23-27-26-21(32-23)16-3-4-16;1-5(2,3)4/h6-7,14,17-18,20H,4-5,8-13,15-16H2,1-3H3,(H,27,29);5-6,13,15-16,18H,3-4,7-12,14H2,1-2H3,(H,25,27)(H,29,30);1H3,(H2,2,3,4). The highest BCUT2D eigenvalue weighted by Gasteiger charge is 2.53. The van der Waals surface area contributed by atoms with Gasteiger partial charge in [0, 0.05) is 69.7 Å². The molecule has 4 heterocycles. The number of nitrogens with one attached hydrogen (secondary N) is 2. The highest BCUT2D eigenvalue weighted by atomic mass is 32.2. The molecule has 0 amide bonds. The Balaban J connectivity index is 0.000000179. The van der Waals surface area contributed by atoms with Gasteiger partial charge in [-0.1, -0.05) is 62.5 Å². The first-order valence-electron chi connectivity index (χ1n) is 25.7. The van der Waals surface area contributed by atoms with Crippen molar-refractivity contribution in [2.45, 2.75) is 139 Å². The van der Waals surface area contributed by atoms with Crippen molar-refractivity contribution in [3.05, 3.63) is 57.5 Å². The molecule has 73 heavy (non-hydrogen) atoms. The van der Waals surface area contributed by atoms with Crippen molar-refractivity contribution in [3.63, 3.8) is 0 Å². The second-order valence-electron chi connectivity index (χ2n) is 21.7. The van der Waals surface area contributed by atoms with E-state index < -0.39 is 42.4 Å². The minimum Gasteiger partial charge on any atom is -0.481 e. The van der Waals surface area contributed by atoms with Crippen LogP contribution in [0.5, 0.6) is 0 Å². The maximum absolute atomic E-state index is 13.1. The Kier molecular flexibility index (Phi) is 17.2. The van der Waals surface area contributed by atoms with Crippen LogP contribution in [0.4, 0.5) is 33.0 Å². The maximum atomic E-state index is 13.1. The van der Waals surface area contributed by atoms with Crippen LogP contribution in [0.1, 0.15) is 138 Å². The van der Waals surface area contributed by atoms with E-state index in [2.05, 4.69) is 85.8 Å². The van der Waals surface area contributed by atoms with E-state index in [-0.39, 0.29) is 5.78 Å². The number of aromatic nitrogens is 4. The molecule has 4 aromatic rings. The van der Waals surface area contributed by atoms with E-state index in [0.29, 0.717) is 61.4 Å². The number of benzene rings is 2. The zero-order chi connectivity index (χ0) is 52.3. The Bertz CT molecular complexity index is 2780. The van der Waals surface area contributed by atoms with Gasteiger partial charge in [-0.2, -0.15) is 0 Å². The van der Waals surface area contributed by atoms with E-state index in [1.165, 1.54) is 25.7 Å². The van der Waals surface area contributed by atoms with Gasteiger partial charge in [0.05, 0.1) is 39.8 Å². The van der Waals surface area contributed by atoms with Crippen LogP contribution in [-0.4, -0.2) is 124 Å². The number of sulfone groups is 1. The number of carbonyl (C=O) groups excluding carboxylic acids is 1. The normalized spacial score (nSPS) is 19.5. The lowest BCUT2D eigenvalue weighted by molar-refractivity contribution is -0.140. The first-order chi connectivity index (χ1) is 34.6. The quantitative estimate of drug-likeness (QED) is 0.0650. The molecule has 0 bridgehead atoms. The van der Waals surface area contributed by atoms with Gasteiger partial charge in [0.1, 0.15) is 15.8 Å². The van der Waals surface area contributed by atoms with E-state index >= 15 is 0 Å². The van der Waals surface area contributed by atoms with Gasteiger partial charge in [0.25, 0.3) is 0 Å². The molecule has 0 radical (unpaired) electrons. The fourth-order valence-electron chi connectivity index (χ4n) is 9.81. The second kappa shape index (κ2) is 22.9.